The van der Waals surface area contributed by atoms with Crippen LogP contribution < -0.4 is 4.90 Å². The van der Waals surface area contributed by atoms with E-state index in [0.29, 0.717) is 5.69 Å². The molecule has 0 bridgehead atoms. The molecule has 1 aliphatic rings. The normalized spacial score (nSPS) is 19.6. The minimum Gasteiger partial charge on any atom is -0.292 e. The molecule has 1 heterocycles. The molecular formula is C14H17BrN2O2. The van der Waals surface area contributed by atoms with Crippen molar-refractivity contribution in [3.8, 4) is 0 Å². The van der Waals surface area contributed by atoms with Gasteiger partial charge in [-0.05, 0) is 37.4 Å². The number of imide groups is 1. The number of halogens is 1. The SMILES string of the molecule is CCN(CC)[C@@H]1CC(=O)N(c2ccc(Br)cc2)C1=O. The maximum Gasteiger partial charge on any atom is 0.251 e. The summed E-state index contributed by atoms with van der Waals surface area (Å²) in [5.74, 6) is -0.236. The molecule has 1 aliphatic heterocycles. The van der Waals surface area contributed by atoms with E-state index in [1.807, 2.05) is 30.9 Å². The second-order valence-corrected chi connectivity index (χ2v) is 5.40. The van der Waals surface area contributed by atoms with E-state index in [2.05, 4.69) is 15.9 Å². The summed E-state index contributed by atoms with van der Waals surface area (Å²) < 4.78 is 0.927. The lowest BCUT2D eigenvalue weighted by molar-refractivity contribution is -0.122. The van der Waals surface area contributed by atoms with Gasteiger partial charge in [0, 0.05) is 4.47 Å². The van der Waals surface area contributed by atoms with Gasteiger partial charge in [-0.2, -0.15) is 0 Å². The topological polar surface area (TPSA) is 40.6 Å². The van der Waals surface area contributed by atoms with Crippen molar-refractivity contribution in [2.75, 3.05) is 18.0 Å². The largest absolute Gasteiger partial charge is 0.292 e. The van der Waals surface area contributed by atoms with Crippen LogP contribution in [0.5, 0.6) is 0 Å². The quantitative estimate of drug-likeness (QED) is 0.799. The number of carbonyl (C=O) groups is 2. The predicted octanol–water partition coefficient (Wildman–Crippen LogP) is 2.42. The van der Waals surface area contributed by atoms with Gasteiger partial charge in [-0.1, -0.05) is 29.8 Å². The van der Waals surface area contributed by atoms with Crippen molar-refractivity contribution >= 4 is 33.4 Å². The Balaban J connectivity index is 2.26. The first-order valence-electron chi connectivity index (χ1n) is 6.44. The van der Waals surface area contributed by atoms with E-state index in [0.717, 1.165) is 17.6 Å². The van der Waals surface area contributed by atoms with Crippen molar-refractivity contribution in [2.24, 2.45) is 0 Å². The van der Waals surface area contributed by atoms with Gasteiger partial charge in [0.1, 0.15) is 0 Å². The fourth-order valence-corrected chi connectivity index (χ4v) is 2.69. The Bertz CT molecular complexity index is 483. The zero-order valence-electron chi connectivity index (χ0n) is 11.1. The van der Waals surface area contributed by atoms with Crippen LogP contribution in [-0.2, 0) is 9.59 Å². The molecule has 0 radical (unpaired) electrons. The Morgan fingerprint density at radius 2 is 1.79 bits per heavy atom. The van der Waals surface area contributed by atoms with Crippen LogP contribution in [-0.4, -0.2) is 35.8 Å². The van der Waals surface area contributed by atoms with Gasteiger partial charge >= 0.3 is 0 Å². The number of hydrogen-bond donors (Lipinski definition) is 0. The fraction of sp³-hybridized carbons (Fsp3) is 0.429. The number of likely N-dealkylation sites (N-methyl/N-ethyl adjacent to an activating group) is 1. The summed E-state index contributed by atoms with van der Waals surface area (Å²) in [5, 5.41) is 0. The number of rotatable bonds is 4. The van der Waals surface area contributed by atoms with Crippen LogP contribution >= 0.6 is 15.9 Å². The average molecular weight is 325 g/mol. The standard InChI is InChI=1S/C14H17BrN2O2/c1-3-16(4-2)12-9-13(18)17(14(12)19)11-7-5-10(15)6-8-11/h5-8,12H,3-4,9H2,1-2H3/t12-/m1/s1. The summed E-state index contributed by atoms with van der Waals surface area (Å²) in [4.78, 5) is 27.8. The first kappa shape index (κ1) is 14.2. The van der Waals surface area contributed by atoms with Gasteiger partial charge in [0.2, 0.25) is 5.91 Å². The molecule has 5 heteroatoms. The van der Waals surface area contributed by atoms with Crippen LogP contribution in [0.15, 0.2) is 28.7 Å². The maximum atomic E-state index is 12.4. The first-order valence-corrected chi connectivity index (χ1v) is 7.24. The molecule has 0 spiro atoms. The third kappa shape index (κ3) is 2.72. The Morgan fingerprint density at radius 1 is 1.21 bits per heavy atom. The van der Waals surface area contributed by atoms with Crippen LogP contribution in [0.2, 0.25) is 0 Å². The van der Waals surface area contributed by atoms with Gasteiger partial charge in [0.25, 0.3) is 5.91 Å². The Morgan fingerprint density at radius 3 is 2.32 bits per heavy atom. The van der Waals surface area contributed by atoms with Crippen LogP contribution in [0.4, 0.5) is 5.69 Å². The molecule has 1 atom stereocenters. The van der Waals surface area contributed by atoms with Crippen molar-refractivity contribution in [1.29, 1.82) is 0 Å². The smallest absolute Gasteiger partial charge is 0.251 e. The molecule has 4 nitrogen and oxygen atoms in total. The zero-order chi connectivity index (χ0) is 14.0. The molecule has 0 aromatic heterocycles. The summed E-state index contributed by atoms with van der Waals surface area (Å²) in [6.07, 6.45) is 0.274. The molecule has 0 aliphatic carbocycles. The highest BCUT2D eigenvalue weighted by Crippen LogP contribution is 2.26. The van der Waals surface area contributed by atoms with Gasteiger partial charge in [0.05, 0.1) is 18.2 Å². The Hall–Kier alpha value is -1.20. The Kier molecular flexibility index (Phi) is 4.37. The minimum absolute atomic E-state index is 0.115. The highest BCUT2D eigenvalue weighted by Gasteiger charge is 2.41. The molecule has 2 amide bonds. The number of nitrogens with zero attached hydrogens (tertiary/aromatic N) is 2. The van der Waals surface area contributed by atoms with Gasteiger partial charge in [0.15, 0.2) is 0 Å². The third-order valence-corrected chi connectivity index (χ3v) is 3.99. The first-order chi connectivity index (χ1) is 9.08. The average Bonchev–Trinajstić information content (AvgIpc) is 2.68. The van der Waals surface area contributed by atoms with Crippen molar-refractivity contribution in [3.63, 3.8) is 0 Å². The number of hydrogen-bond acceptors (Lipinski definition) is 3. The van der Waals surface area contributed by atoms with Crippen molar-refractivity contribution in [1.82, 2.24) is 4.90 Å². The van der Waals surface area contributed by atoms with E-state index in [4.69, 9.17) is 0 Å². The van der Waals surface area contributed by atoms with E-state index in [1.165, 1.54) is 4.90 Å². The molecule has 0 N–H and O–H groups in total. The van der Waals surface area contributed by atoms with E-state index >= 15 is 0 Å². The molecule has 1 saturated heterocycles. The summed E-state index contributed by atoms with van der Waals surface area (Å²) in [6, 6.07) is 6.92. The number of anilines is 1. The summed E-state index contributed by atoms with van der Waals surface area (Å²) >= 11 is 3.35. The monoisotopic (exact) mass is 324 g/mol. The summed E-state index contributed by atoms with van der Waals surface area (Å²) in [5.41, 5.74) is 0.646. The fourth-order valence-electron chi connectivity index (χ4n) is 2.43. The van der Waals surface area contributed by atoms with Gasteiger partial charge < -0.3 is 0 Å². The highest BCUT2D eigenvalue weighted by atomic mass is 79.9. The lowest BCUT2D eigenvalue weighted by atomic mass is 10.2. The number of benzene rings is 1. The van der Waals surface area contributed by atoms with Crippen molar-refractivity contribution < 1.29 is 9.59 Å². The molecule has 2 rings (SSSR count). The highest BCUT2D eigenvalue weighted by molar-refractivity contribution is 9.10. The van der Waals surface area contributed by atoms with Crippen molar-refractivity contribution in [3.05, 3.63) is 28.7 Å². The molecule has 1 aromatic carbocycles. The molecule has 1 fully saturated rings. The molecule has 0 saturated carbocycles. The molecule has 102 valence electrons. The lowest BCUT2D eigenvalue weighted by Gasteiger charge is -2.24. The van der Waals surface area contributed by atoms with E-state index < -0.39 is 0 Å². The number of carbonyl (C=O) groups excluding carboxylic acids is 2. The molecule has 1 aromatic rings. The van der Waals surface area contributed by atoms with E-state index in [-0.39, 0.29) is 24.3 Å². The van der Waals surface area contributed by atoms with Crippen LogP contribution in [0.3, 0.4) is 0 Å². The predicted molar refractivity (Wildman–Crippen MR) is 78.0 cm³/mol. The van der Waals surface area contributed by atoms with Crippen molar-refractivity contribution in [2.45, 2.75) is 26.3 Å². The van der Waals surface area contributed by atoms with Crippen LogP contribution in [0.25, 0.3) is 0 Å². The number of amides is 2. The van der Waals surface area contributed by atoms with Gasteiger partial charge in [-0.15, -0.1) is 0 Å². The minimum atomic E-state index is -0.314. The molecule has 0 unspecified atom stereocenters. The molecular weight excluding hydrogens is 308 g/mol. The summed E-state index contributed by atoms with van der Waals surface area (Å²) in [7, 11) is 0. The van der Waals surface area contributed by atoms with Crippen LogP contribution in [0.1, 0.15) is 20.3 Å². The molecule has 19 heavy (non-hydrogen) atoms. The van der Waals surface area contributed by atoms with E-state index in [9.17, 15) is 9.59 Å². The Labute approximate surface area is 121 Å². The second kappa shape index (κ2) is 5.84. The van der Waals surface area contributed by atoms with Gasteiger partial charge in [-0.3, -0.25) is 14.5 Å². The van der Waals surface area contributed by atoms with E-state index in [1.54, 1.807) is 12.1 Å². The lowest BCUT2D eigenvalue weighted by Crippen LogP contribution is -2.41. The summed E-state index contributed by atoms with van der Waals surface area (Å²) in [6.45, 7) is 5.55. The third-order valence-electron chi connectivity index (χ3n) is 3.46. The van der Waals surface area contributed by atoms with Crippen LogP contribution in [0, 0.1) is 0 Å². The zero-order valence-corrected chi connectivity index (χ0v) is 12.7. The van der Waals surface area contributed by atoms with Gasteiger partial charge in [-0.25, -0.2) is 4.90 Å². The second-order valence-electron chi connectivity index (χ2n) is 4.48. The maximum absolute atomic E-state index is 12.4.